The summed E-state index contributed by atoms with van der Waals surface area (Å²) in [7, 11) is 1.63. The van der Waals surface area contributed by atoms with Crippen molar-refractivity contribution in [3.8, 4) is 5.75 Å². The molecule has 0 saturated carbocycles. The second-order valence-electron chi connectivity index (χ2n) is 5.20. The zero-order valence-electron chi connectivity index (χ0n) is 12.4. The molecule has 4 nitrogen and oxygen atoms in total. The number of benzene rings is 2. The average molecular weight is 294 g/mol. The Morgan fingerprint density at radius 2 is 2.05 bits per heavy atom. The molecule has 0 radical (unpaired) electrons. The largest absolute Gasteiger partial charge is 0.497 e. The van der Waals surface area contributed by atoms with Gasteiger partial charge in [-0.1, -0.05) is 24.3 Å². The van der Waals surface area contributed by atoms with E-state index >= 15 is 0 Å². The van der Waals surface area contributed by atoms with Crippen LogP contribution in [0.3, 0.4) is 0 Å². The van der Waals surface area contributed by atoms with Gasteiger partial charge in [0.25, 0.3) is 0 Å². The summed E-state index contributed by atoms with van der Waals surface area (Å²) in [5, 5.41) is 4.09. The van der Waals surface area contributed by atoms with E-state index in [2.05, 4.69) is 10.3 Å². The molecule has 1 amide bonds. The van der Waals surface area contributed by atoms with Crippen LogP contribution in [0, 0.1) is 0 Å². The molecule has 4 heteroatoms. The van der Waals surface area contributed by atoms with Crippen LogP contribution < -0.4 is 10.1 Å². The maximum absolute atomic E-state index is 12.1. The third-order valence-electron chi connectivity index (χ3n) is 3.61. The minimum absolute atomic E-state index is 0.00808. The van der Waals surface area contributed by atoms with Crippen molar-refractivity contribution in [2.24, 2.45) is 0 Å². The fourth-order valence-electron chi connectivity index (χ4n) is 2.44. The van der Waals surface area contributed by atoms with Gasteiger partial charge in [0.1, 0.15) is 5.75 Å². The molecule has 0 atom stereocenters. The molecule has 0 aliphatic carbocycles. The molecule has 22 heavy (non-hydrogen) atoms. The number of ether oxygens (including phenoxy) is 1. The van der Waals surface area contributed by atoms with Gasteiger partial charge < -0.3 is 15.0 Å². The highest BCUT2D eigenvalue weighted by Crippen LogP contribution is 2.15. The zero-order chi connectivity index (χ0) is 15.4. The van der Waals surface area contributed by atoms with Gasteiger partial charge in [-0.2, -0.15) is 0 Å². The van der Waals surface area contributed by atoms with E-state index in [1.165, 1.54) is 0 Å². The van der Waals surface area contributed by atoms with Gasteiger partial charge in [-0.15, -0.1) is 0 Å². The molecule has 112 valence electrons. The first kappa shape index (κ1) is 14.2. The summed E-state index contributed by atoms with van der Waals surface area (Å²) in [4.78, 5) is 15.2. The molecule has 0 saturated heterocycles. The number of aromatic nitrogens is 1. The van der Waals surface area contributed by atoms with E-state index in [-0.39, 0.29) is 5.91 Å². The number of H-pyrrole nitrogens is 1. The number of hydrogen-bond acceptors (Lipinski definition) is 2. The van der Waals surface area contributed by atoms with Gasteiger partial charge in [-0.05, 0) is 40.8 Å². The third kappa shape index (κ3) is 3.28. The van der Waals surface area contributed by atoms with E-state index in [9.17, 15) is 4.79 Å². The van der Waals surface area contributed by atoms with Crippen molar-refractivity contribution in [3.05, 3.63) is 65.9 Å². The first-order valence-electron chi connectivity index (χ1n) is 7.20. The van der Waals surface area contributed by atoms with Gasteiger partial charge >= 0.3 is 0 Å². The number of hydrogen-bond donors (Lipinski definition) is 2. The number of fused-ring (bicyclic) bond motifs is 1. The summed E-state index contributed by atoms with van der Waals surface area (Å²) in [5.74, 6) is 0.803. The molecular weight excluding hydrogens is 276 g/mol. The van der Waals surface area contributed by atoms with Crippen molar-refractivity contribution in [1.29, 1.82) is 0 Å². The van der Waals surface area contributed by atoms with E-state index < -0.39 is 0 Å². The Kier molecular flexibility index (Phi) is 4.10. The summed E-state index contributed by atoms with van der Waals surface area (Å²) in [6.07, 6.45) is 2.27. The van der Waals surface area contributed by atoms with Gasteiger partial charge in [-0.3, -0.25) is 4.79 Å². The lowest BCUT2D eigenvalue weighted by molar-refractivity contribution is -0.120. The van der Waals surface area contributed by atoms with Crippen molar-refractivity contribution in [2.45, 2.75) is 13.0 Å². The molecule has 2 N–H and O–H groups in total. The molecule has 0 spiro atoms. The molecule has 0 aliphatic rings. The van der Waals surface area contributed by atoms with Gasteiger partial charge in [0, 0.05) is 18.3 Å². The molecule has 2 aromatic carbocycles. The highest BCUT2D eigenvalue weighted by molar-refractivity contribution is 5.83. The molecule has 0 fully saturated rings. The number of carbonyl (C=O) groups excluding carboxylic acids is 1. The first-order valence-corrected chi connectivity index (χ1v) is 7.20. The Hall–Kier alpha value is -2.75. The van der Waals surface area contributed by atoms with Crippen LogP contribution in [0.15, 0.2) is 54.7 Å². The Bertz CT molecular complexity index is 792. The lowest BCUT2D eigenvalue weighted by Gasteiger charge is -2.07. The molecule has 1 heterocycles. The lowest BCUT2D eigenvalue weighted by Crippen LogP contribution is -2.24. The second-order valence-corrected chi connectivity index (χ2v) is 5.20. The number of methoxy groups -OCH3 is 1. The van der Waals surface area contributed by atoms with Gasteiger partial charge in [0.2, 0.25) is 5.91 Å². The Labute approximate surface area is 129 Å². The third-order valence-corrected chi connectivity index (χ3v) is 3.61. The van der Waals surface area contributed by atoms with Crippen LogP contribution in [0.25, 0.3) is 10.9 Å². The number of aromatic amines is 1. The second kappa shape index (κ2) is 6.35. The predicted octanol–water partition coefficient (Wildman–Crippen LogP) is 3.04. The smallest absolute Gasteiger partial charge is 0.224 e. The monoisotopic (exact) mass is 294 g/mol. The fraction of sp³-hybridized carbons (Fsp3) is 0.167. The van der Waals surface area contributed by atoms with Crippen molar-refractivity contribution in [1.82, 2.24) is 10.3 Å². The summed E-state index contributed by atoms with van der Waals surface area (Å²) in [5.41, 5.74) is 3.07. The maximum Gasteiger partial charge on any atom is 0.224 e. The van der Waals surface area contributed by atoms with E-state index in [1.807, 2.05) is 54.7 Å². The number of rotatable bonds is 5. The van der Waals surface area contributed by atoms with Gasteiger partial charge in [0.15, 0.2) is 0 Å². The van der Waals surface area contributed by atoms with E-state index in [1.54, 1.807) is 7.11 Å². The predicted molar refractivity (Wildman–Crippen MR) is 86.8 cm³/mol. The SMILES string of the molecule is COc1cccc(CNC(=O)Cc2ccc3cc[nH]c3c2)c1. The lowest BCUT2D eigenvalue weighted by atomic mass is 10.1. The molecule has 0 bridgehead atoms. The van der Waals surface area contributed by atoms with Gasteiger partial charge in [-0.25, -0.2) is 0 Å². The number of carbonyl (C=O) groups is 1. The first-order chi connectivity index (χ1) is 10.7. The number of amides is 1. The molecular formula is C18H18N2O2. The van der Waals surface area contributed by atoms with Crippen LogP contribution in [0.4, 0.5) is 0 Å². The summed E-state index contributed by atoms with van der Waals surface area (Å²) >= 11 is 0. The van der Waals surface area contributed by atoms with E-state index in [4.69, 9.17) is 4.74 Å². The van der Waals surface area contributed by atoms with Crippen LogP contribution in [0.2, 0.25) is 0 Å². The standard InChI is InChI=1S/C18H18N2O2/c1-22-16-4-2-3-14(9-16)12-20-18(21)11-13-5-6-15-7-8-19-17(15)10-13/h2-10,19H,11-12H2,1H3,(H,20,21). The summed E-state index contributed by atoms with van der Waals surface area (Å²) < 4.78 is 5.17. The summed E-state index contributed by atoms with van der Waals surface area (Å²) in [6, 6.07) is 15.7. The fourth-order valence-corrected chi connectivity index (χ4v) is 2.44. The normalized spacial score (nSPS) is 10.6. The van der Waals surface area contributed by atoms with Crippen LogP contribution in [0.1, 0.15) is 11.1 Å². The van der Waals surface area contributed by atoms with Crippen LogP contribution in [-0.4, -0.2) is 18.0 Å². The van der Waals surface area contributed by atoms with E-state index in [0.29, 0.717) is 13.0 Å². The van der Waals surface area contributed by atoms with Crippen molar-refractivity contribution < 1.29 is 9.53 Å². The van der Waals surface area contributed by atoms with Gasteiger partial charge in [0.05, 0.1) is 13.5 Å². The van der Waals surface area contributed by atoms with Crippen LogP contribution >= 0.6 is 0 Å². The minimum Gasteiger partial charge on any atom is -0.497 e. The average Bonchev–Trinajstić information content (AvgIpc) is 3.01. The van der Waals surface area contributed by atoms with E-state index in [0.717, 1.165) is 27.8 Å². The Balaban J connectivity index is 1.59. The Morgan fingerprint density at radius 1 is 1.14 bits per heavy atom. The minimum atomic E-state index is 0.00808. The topological polar surface area (TPSA) is 54.1 Å². The number of nitrogens with one attached hydrogen (secondary N) is 2. The molecule has 3 rings (SSSR count). The summed E-state index contributed by atoms with van der Waals surface area (Å²) in [6.45, 7) is 0.501. The van der Waals surface area contributed by atoms with Crippen molar-refractivity contribution in [2.75, 3.05) is 7.11 Å². The quantitative estimate of drug-likeness (QED) is 0.760. The molecule has 0 aliphatic heterocycles. The maximum atomic E-state index is 12.1. The highest BCUT2D eigenvalue weighted by Gasteiger charge is 2.05. The van der Waals surface area contributed by atoms with Crippen LogP contribution in [0.5, 0.6) is 5.75 Å². The highest BCUT2D eigenvalue weighted by atomic mass is 16.5. The molecule has 0 unspecified atom stereocenters. The molecule has 1 aromatic heterocycles. The molecule has 3 aromatic rings. The van der Waals surface area contributed by atoms with Crippen molar-refractivity contribution >= 4 is 16.8 Å². The zero-order valence-corrected chi connectivity index (χ0v) is 12.4. The van der Waals surface area contributed by atoms with Crippen LogP contribution in [-0.2, 0) is 17.8 Å². The van der Waals surface area contributed by atoms with Crippen molar-refractivity contribution in [3.63, 3.8) is 0 Å². The Morgan fingerprint density at radius 3 is 2.91 bits per heavy atom.